The molecule has 8 aromatic rings. The van der Waals surface area contributed by atoms with E-state index in [9.17, 15) is 0 Å². The van der Waals surface area contributed by atoms with E-state index in [1.807, 2.05) is 0 Å². The summed E-state index contributed by atoms with van der Waals surface area (Å²) in [6, 6.07) is 61.5. The minimum atomic E-state index is -0.204. The maximum absolute atomic E-state index is 2.72. The maximum Gasteiger partial charge on any atom is 0.252 e. The molecular formula is C68H69BN2. The first kappa shape index (κ1) is 45.6. The summed E-state index contributed by atoms with van der Waals surface area (Å²) in [5.41, 5.74) is 28.9. The van der Waals surface area contributed by atoms with E-state index in [4.69, 9.17) is 0 Å². The number of rotatable bonds is 4. The van der Waals surface area contributed by atoms with E-state index in [0.29, 0.717) is 0 Å². The van der Waals surface area contributed by atoms with Crippen molar-refractivity contribution in [3.05, 3.63) is 197 Å². The summed E-state index contributed by atoms with van der Waals surface area (Å²) in [5, 5.41) is 0. The van der Waals surface area contributed by atoms with Gasteiger partial charge in [0.05, 0.1) is 5.69 Å². The molecule has 12 rings (SSSR count). The highest BCUT2D eigenvalue weighted by atomic mass is 15.2. The molecule has 71 heavy (non-hydrogen) atoms. The van der Waals surface area contributed by atoms with Gasteiger partial charge in [0.15, 0.2) is 0 Å². The van der Waals surface area contributed by atoms with Crippen LogP contribution in [0.25, 0.3) is 33.4 Å². The normalized spacial score (nSPS) is 16.7. The molecule has 354 valence electrons. The van der Waals surface area contributed by atoms with E-state index in [2.05, 4.69) is 258 Å². The summed E-state index contributed by atoms with van der Waals surface area (Å²) in [5.74, 6) is 0. The van der Waals surface area contributed by atoms with E-state index in [1.165, 1.54) is 123 Å². The molecule has 2 nitrogen and oxygen atoms in total. The highest BCUT2D eigenvalue weighted by Gasteiger charge is 2.50. The standard InChI is InChI=1S/C68H69BN2/c1-42-36-46(64(2,3)4)29-33-56(42)70-58-41-53-52(66(8,9)34-35-67(53,10)11)40-55(58)69-54-32-31-51-61(49-39-47(65(5,6)7)28-30-50(49)68(51,12)13)63(54)71(57-27-21-20-26-48(57)44-24-18-15-19-25-44)60-38-45(37-59(70)62(60)69)43-22-16-14-17-23-43/h14-33,36-41H,34-35H2,1-13H3. The Balaban J connectivity index is 1.28. The largest absolute Gasteiger partial charge is 0.311 e. The SMILES string of the molecule is Cc1cc(C(C)(C)C)ccc1N1c2cc3c(cc2B2c4ccc5c(c4N(c4ccccc4-c4ccccc4)c4cc(-c6ccccc6)cc1c42)-c1cc(C(C)(C)C)ccc1C5(C)C)C(C)(C)CCC3(C)C. The third-order valence-corrected chi connectivity index (χ3v) is 17.3. The highest BCUT2D eigenvalue weighted by molar-refractivity contribution is 7.00. The first-order chi connectivity index (χ1) is 33.6. The summed E-state index contributed by atoms with van der Waals surface area (Å²) >= 11 is 0. The maximum atomic E-state index is 2.72. The molecule has 3 heteroatoms. The zero-order valence-corrected chi connectivity index (χ0v) is 44.4. The van der Waals surface area contributed by atoms with Crippen molar-refractivity contribution < 1.29 is 0 Å². The molecule has 4 aliphatic rings. The van der Waals surface area contributed by atoms with Crippen LogP contribution in [0.3, 0.4) is 0 Å². The van der Waals surface area contributed by atoms with E-state index in [-0.39, 0.29) is 33.8 Å². The molecule has 0 unspecified atom stereocenters. The predicted octanol–water partition coefficient (Wildman–Crippen LogP) is 16.7. The molecule has 0 fully saturated rings. The Kier molecular flexibility index (Phi) is 9.92. The summed E-state index contributed by atoms with van der Waals surface area (Å²) < 4.78 is 0. The highest BCUT2D eigenvalue weighted by Crippen LogP contribution is 2.58. The second kappa shape index (κ2) is 15.5. The van der Waals surface area contributed by atoms with Crippen LogP contribution in [0, 0.1) is 6.92 Å². The van der Waals surface area contributed by atoms with Crippen molar-refractivity contribution in [2.75, 3.05) is 9.80 Å². The Morgan fingerprint density at radius 3 is 1.63 bits per heavy atom. The fourth-order valence-corrected chi connectivity index (χ4v) is 13.1. The van der Waals surface area contributed by atoms with E-state index in [0.717, 1.165) is 12.8 Å². The zero-order chi connectivity index (χ0) is 49.7. The lowest BCUT2D eigenvalue weighted by molar-refractivity contribution is 0.332. The summed E-state index contributed by atoms with van der Waals surface area (Å²) in [7, 11) is 0. The number of para-hydroxylation sites is 1. The van der Waals surface area contributed by atoms with E-state index < -0.39 is 0 Å². The van der Waals surface area contributed by atoms with Crippen molar-refractivity contribution in [3.63, 3.8) is 0 Å². The smallest absolute Gasteiger partial charge is 0.252 e. The topological polar surface area (TPSA) is 6.48 Å². The molecule has 8 aromatic carbocycles. The monoisotopic (exact) mass is 925 g/mol. The molecule has 0 aromatic heterocycles. The lowest BCUT2D eigenvalue weighted by atomic mass is 9.32. The van der Waals surface area contributed by atoms with Crippen LogP contribution in [0.2, 0.25) is 0 Å². The fraction of sp³-hybridized carbons (Fsp3) is 0.294. The van der Waals surface area contributed by atoms with Gasteiger partial charge < -0.3 is 9.80 Å². The Bertz CT molecular complexity index is 3490. The summed E-state index contributed by atoms with van der Waals surface area (Å²) in [6.07, 6.45) is 2.32. The lowest BCUT2D eigenvalue weighted by Crippen LogP contribution is -2.62. The van der Waals surface area contributed by atoms with Crippen LogP contribution >= 0.6 is 0 Å². The van der Waals surface area contributed by atoms with Crippen molar-refractivity contribution in [2.24, 2.45) is 0 Å². The molecule has 2 aliphatic carbocycles. The number of nitrogens with zero attached hydrogens (tertiary/aromatic N) is 2. The average molecular weight is 925 g/mol. The van der Waals surface area contributed by atoms with E-state index in [1.54, 1.807) is 0 Å². The number of hydrogen-bond donors (Lipinski definition) is 0. The molecule has 0 radical (unpaired) electrons. The van der Waals surface area contributed by atoms with Crippen LogP contribution in [0.15, 0.2) is 158 Å². The Hall–Kier alpha value is -6.58. The van der Waals surface area contributed by atoms with Gasteiger partial charge >= 0.3 is 0 Å². The number of fused-ring (bicyclic) bond motifs is 9. The van der Waals surface area contributed by atoms with Crippen molar-refractivity contribution in [1.82, 2.24) is 0 Å². The van der Waals surface area contributed by atoms with Crippen LogP contribution in [-0.2, 0) is 27.1 Å². The third-order valence-electron chi connectivity index (χ3n) is 17.3. The quantitative estimate of drug-likeness (QED) is 0.162. The van der Waals surface area contributed by atoms with Crippen molar-refractivity contribution in [3.8, 4) is 33.4 Å². The van der Waals surface area contributed by atoms with Gasteiger partial charge in [0.25, 0.3) is 6.71 Å². The molecule has 2 heterocycles. The predicted molar refractivity (Wildman–Crippen MR) is 306 cm³/mol. The first-order valence-corrected chi connectivity index (χ1v) is 26.3. The van der Waals surface area contributed by atoms with Crippen molar-refractivity contribution in [2.45, 2.75) is 130 Å². The summed E-state index contributed by atoms with van der Waals surface area (Å²) in [6.45, 7) is 31.2. The molecule has 0 atom stereocenters. The minimum absolute atomic E-state index is 0.0168. The third kappa shape index (κ3) is 6.89. The molecule has 0 saturated carbocycles. The molecule has 0 bridgehead atoms. The number of benzene rings is 8. The average Bonchev–Trinajstić information content (AvgIpc) is 3.57. The van der Waals surface area contributed by atoms with Crippen molar-refractivity contribution in [1.29, 1.82) is 0 Å². The van der Waals surface area contributed by atoms with Gasteiger partial charge in [0.1, 0.15) is 0 Å². The van der Waals surface area contributed by atoms with Crippen LogP contribution in [0.4, 0.5) is 34.1 Å². The van der Waals surface area contributed by atoms with Gasteiger partial charge in [-0.15, -0.1) is 0 Å². The van der Waals surface area contributed by atoms with Gasteiger partial charge in [0.2, 0.25) is 0 Å². The van der Waals surface area contributed by atoms with Crippen molar-refractivity contribution >= 4 is 57.2 Å². The Morgan fingerprint density at radius 1 is 0.423 bits per heavy atom. The van der Waals surface area contributed by atoms with Gasteiger partial charge in [-0.1, -0.05) is 210 Å². The van der Waals surface area contributed by atoms with Crippen LogP contribution in [0.1, 0.15) is 135 Å². The lowest BCUT2D eigenvalue weighted by Gasteiger charge is -2.48. The van der Waals surface area contributed by atoms with Gasteiger partial charge in [-0.2, -0.15) is 0 Å². The molecule has 2 aliphatic heterocycles. The minimum Gasteiger partial charge on any atom is -0.311 e. The Morgan fingerprint density at radius 2 is 0.986 bits per heavy atom. The number of aryl methyl sites for hydroxylation is 1. The summed E-state index contributed by atoms with van der Waals surface area (Å²) in [4.78, 5) is 5.40. The number of hydrogen-bond acceptors (Lipinski definition) is 2. The zero-order valence-electron chi connectivity index (χ0n) is 44.4. The van der Waals surface area contributed by atoms with Gasteiger partial charge in [-0.25, -0.2) is 0 Å². The van der Waals surface area contributed by atoms with Gasteiger partial charge in [0, 0.05) is 45.0 Å². The molecular weight excluding hydrogens is 856 g/mol. The van der Waals surface area contributed by atoms with Crippen LogP contribution < -0.4 is 26.2 Å². The molecule has 0 spiro atoms. The molecule has 0 N–H and O–H groups in total. The first-order valence-electron chi connectivity index (χ1n) is 26.3. The van der Waals surface area contributed by atoms with E-state index >= 15 is 0 Å². The molecule has 0 amide bonds. The Labute approximate surface area is 424 Å². The second-order valence-electron chi connectivity index (χ2n) is 25.3. The van der Waals surface area contributed by atoms with Gasteiger partial charge in [-0.3, -0.25) is 0 Å². The molecule has 0 saturated heterocycles. The van der Waals surface area contributed by atoms with Crippen LogP contribution in [-0.4, -0.2) is 6.71 Å². The second-order valence-corrected chi connectivity index (χ2v) is 25.3. The van der Waals surface area contributed by atoms with Gasteiger partial charge in [-0.05, 0) is 149 Å². The van der Waals surface area contributed by atoms with Crippen LogP contribution in [0.5, 0.6) is 0 Å². The fourth-order valence-electron chi connectivity index (χ4n) is 13.1. The number of anilines is 6.